The van der Waals surface area contributed by atoms with Crippen molar-refractivity contribution in [1.82, 2.24) is 5.32 Å². The van der Waals surface area contributed by atoms with Crippen LogP contribution in [0, 0.1) is 11.8 Å². The van der Waals surface area contributed by atoms with E-state index in [0.717, 1.165) is 38.0 Å². The number of nitrogens with one attached hydrogen (secondary N) is 1. The van der Waals surface area contributed by atoms with E-state index in [2.05, 4.69) is 19.2 Å². The van der Waals surface area contributed by atoms with Crippen molar-refractivity contribution < 1.29 is 9.47 Å². The van der Waals surface area contributed by atoms with Crippen LogP contribution in [-0.4, -0.2) is 38.5 Å². The average molecular weight is 255 g/mol. The fourth-order valence-electron chi connectivity index (χ4n) is 2.79. The molecule has 0 aromatic rings. The summed E-state index contributed by atoms with van der Waals surface area (Å²) in [6.45, 7) is 7.16. The molecule has 18 heavy (non-hydrogen) atoms. The van der Waals surface area contributed by atoms with E-state index < -0.39 is 0 Å². The van der Waals surface area contributed by atoms with Gasteiger partial charge >= 0.3 is 0 Å². The van der Waals surface area contributed by atoms with Gasteiger partial charge in [0.2, 0.25) is 0 Å². The topological polar surface area (TPSA) is 30.5 Å². The van der Waals surface area contributed by atoms with Crippen molar-refractivity contribution >= 4 is 0 Å². The summed E-state index contributed by atoms with van der Waals surface area (Å²) < 4.78 is 11.2. The summed E-state index contributed by atoms with van der Waals surface area (Å²) in [4.78, 5) is 0. The van der Waals surface area contributed by atoms with E-state index in [9.17, 15) is 0 Å². The van der Waals surface area contributed by atoms with Crippen molar-refractivity contribution in [2.45, 2.75) is 57.6 Å². The van der Waals surface area contributed by atoms with Crippen LogP contribution in [0.25, 0.3) is 0 Å². The number of ether oxygens (including phenoxy) is 2. The number of hydrogen-bond donors (Lipinski definition) is 1. The monoisotopic (exact) mass is 255 g/mol. The Kier molecular flexibility index (Phi) is 5.05. The van der Waals surface area contributed by atoms with Crippen LogP contribution in [0.1, 0.15) is 46.0 Å². The van der Waals surface area contributed by atoms with Crippen LogP contribution in [0.15, 0.2) is 0 Å². The molecule has 3 nitrogen and oxygen atoms in total. The molecular formula is C15H29NO2. The van der Waals surface area contributed by atoms with Gasteiger partial charge in [-0.1, -0.05) is 13.8 Å². The van der Waals surface area contributed by atoms with Crippen LogP contribution < -0.4 is 5.32 Å². The highest BCUT2D eigenvalue weighted by Gasteiger charge is 2.37. The Hall–Kier alpha value is -0.120. The van der Waals surface area contributed by atoms with E-state index in [1.165, 1.54) is 25.7 Å². The SMILES string of the molecule is COC1(CNC(CCC(C)C)C2CC2)CCOC1. The van der Waals surface area contributed by atoms with Gasteiger partial charge in [-0.3, -0.25) is 0 Å². The molecule has 0 spiro atoms. The van der Waals surface area contributed by atoms with E-state index in [-0.39, 0.29) is 5.60 Å². The van der Waals surface area contributed by atoms with Gasteiger partial charge in [-0.25, -0.2) is 0 Å². The summed E-state index contributed by atoms with van der Waals surface area (Å²) in [5, 5.41) is 3.77. The minimum atomic E-state index is -0.0645. The largest absolute Gasteiger partial charge is 0.378 e. The van der Waals surface area contributed by atoms with E-state index in [0.29, 0.717) is 6.04 Å². The molecule has 0 amide bonds. The molecule has 0 bridgehead atoms. The second-order valence-corrected chi connectivity index (χ2v) is 6.49. The highest BCUT2D eigenvalue weighted by molar-refractivity contribution is 4.92. The molecule has 2 atom stereocenters. The molecule has 1 aliphatic carbocycles. The van der Waals surface area contributed by atoms with Crippen molar-refractivity contribution in [2.75, 3.05) is 26.9 Å². The standard InChI is InChI=1S/C15H29NO2/c1-12(2)4-7-14(13-5-6-13)16-10-15(17-3)8-9-18-11-15/h12-14,16H,4-11H2,1-3H3. The van der Waals surface area contributed by atoms with Crippen LogP contribution in [-0.2, 0) is 9.47 Å². The van der Waals surface area contributed by atoms with Crippen molar-refractivity contribution in [2.24, 2.45) is 11.8 Å². The second-order valence-electron chi connectivity index (χ2n) is 6.49. The highest BCUT2D eigenvalue weighted by Crippen LogP contribution is 2.35. The van der Waals surface area contributed by atoms with Gasteiger partial charge in [0.05, 0.1) is 6.61 Å². The maximum atomic E-state index is 5.69. The number of methoxy groups -OCH3 is 1. The minimum Gasteiger partial charge on any atom is -0.378 e. The van der Waals surface area contributed by atoms with Crippen molar-refractivity contribution in [3.63, 3.8) is 0 Å². The first-order valence-electron chi connectivity index (χ1n) is 7.51. The molecule has 1 N–H and O–H groups in total. The Balaban J connectivity index is 1.77. The molecule has 2 unspecified atom stereocenters. The predicted octanol–water partition coefficient (Wildman–Crippen LogP) is 2.60. The van der Waals surface area contributed by atoms with Gasteiger partial charge in [0.15, 0.2) is 0 Å². The third-order valence-corrected chi connectivity index (χ3v) is 4.43. The van der Waals surface area contributed by atoms with Gasteiger partial charge < -0.3 is 14.8 Å². The lowest BCUT2D eigenvalue weighted by Gasteiger charge is -2.29. The third-order valence-electron chi connectivity index (χ3n) is 4.43. The molecule has 1 aliphatic heterocycles. The molecule has 2 aliphatic rings. The molecule has 2 fully saturated rings. The molecule has 0 aromatic carbocycles. The lowest BCUT2D eigenvalue weighted by atomic mass is 9.98. The lowest BCUT2D eigenvalue weighted by molar-refractivity contribution is -0.0181. The van der Waals surface area contributed by atoms with E-state index in [1.807, 2.05) is 7.11 Å². The maximum absolute atomic E-state index is 5.69. The quantitative estimate of drug-likeness (QED) is 0.723. The zero-order valence-corrected chi connectivity index (χ0v) is 12.2. The molecule has 1 heterocycles. The maximum Gasteiger partial charge on any atom is 0.106 e. The first-order valence-corrected chi connectivity index (χ1v) is 7.51. The Labute approximate surface area is 112 Å². The molecule has 3 heteroatoms. The molecule has 0 aromatic heterocycles. The van der Waals surface area contributed by atoms with Gasteiger partial charge in [0.25, 0.3) is 0 Å². The Bertz CT molecular complexity index is 245. The van der Waals surface area contributed by atoms with Gasteiger partial charge in [-0.2, -0.15) is 0 Å². The van der Waals surface area contributed by atoms with Gasteiger partial charge in [0.1, 0.15) is 5.60 Å². The zero-order chi connectivity index (χ0) is 13.0. The number of rotatable bonds is 8. The van der Waals surface area contributed by atoms with Crippen LogP contribution >= 0.6 is 0 Å². The Morgan fingerprint density at radius 3 is 2.61 bits per heavy atom. The first kappa shape index (κ1) is 14.3. The fraction of sp³-hybridized carbons (Fsp3) is 1.00. The van der Waals surface area contributed by atoms with E-state index >= 15 is 0 Å². The normalized spacial score (nSPS) is 30.0. The summed E-state index contributed by atoms with van der Waals surface area (Å²) >= 11 is 0. The summed E-state index contributed by atoms with van der Waals surface area (Å²) in [5.41, 5.74) is -0.0645. The predicted molar refractivity (Wildman–Crippen MR) is 73.8 cm³/mol. The molecule has 1 saturated heterocycles. The van der Waals surface area contributed by atoms with Crippen LogP contribution in [0.2, 0.25) is 0 Å². The molecule has 106 valence electrons. The van der Waals surface area contributed by atoms with Crippen molar-refractivity contribution in [3.05, 3.63) is 0 Å². The third kappa shape index (κ3) is 3.94. The number of hydrogen-bond acceptors (Lipinski definition) is 3. The van der Waals surface area contributed by atoms with E-state index in [4.69, 9.17) is 9.47 Å². The molecular weight excluding hydrogens is 226 g/mol. The fourth-order valence-corrected chi connectivity index (χ4v) is 2.79. The average Bonchev–Trinajstić information content (AvgIpc) is 3.08. The van der Waals surface area contributed by atoms with E-state index in [1.54, 1.807) is 0 Å². The summed E-state index contributed by atoms with van der Waals surface area (Å²) in [7, 11) is 1.82. The Morgan fingerprint density at radius 1 is 1.33 bits per heavy atom. The summed E-state index contributed by atoms with van der Waals surface area (Å²) in [6, 6.07) is 0.694. The summed E-state index contributed by atoms with van der Waals surface area (Å²) in [5.74, 6) is 1.72. The van der Waals surface area contributed by atoms with Crippen LogP contribution in [0.3, 0.4) is 0 Å². The van der Waals surface area contributed by atoms with Gasteiger partial charge in [0, 0.05) is 32.7 Å². The van der Waals surface area contributed by atoms with Crippen LogP contribution in [0.5, 0.6) is 0 Å². The van der Waals surface area contributed by atoms with Crippen molar-refractivity contribution in [1.29, 1.82) is 0 Å². The Morgan fingerprint density at radius 2 is 2.11 bits per heavy atom. The smallest absolute Gasteiger partial charge is 0.106 e. The molecule has 0 radical (unpaired) electrons. The lowest BCUT2D eigenvalue weighted by Crippen LogP contribution is -2.47. The van der Waals surface area contributed by atoms with Crippen molar-refractivity contribution in [3.8, 4) is 0 Å². The van der Waals surface area contributed by atoms with Crippen LogP contribution in [0.4, 0.5) is 0 Å². The second kappa shape index (κ2) is 6.36. The zero-order valence-electron chi connectivity index (χ0n) is 12.2. The van der Waals surface area contributed by atoms with Gasteiger partial charge in [-0.15, -0.1) is 0 Å². The minimum absolute atomic E-state index is 0.0645. The summed E-state index contributed by atoms with van der Waals surface area (Å²) in [6.07, 6.45) is 6.48. The molecule has 1 saturated carbocycles. The van der Waals surface area contributed by atoms with Gasteiger partial charge in [-0.05, 0) is 37.5 Å². The molecule has 2 rings (SSSR count). The highest BCUT2D eigenvalue weighted by atomic mass is 16.5. The first-order chi connectivity index (χ1) is 8.65.